The van der Waals surface area contributed by atoms with Crippen molar-refractivity contribution in [2.24, 2.45) is 0 Å². The van der Waals surface area contributed by atoms with Gasteiger partial charge in [-0.3, -0.25) is 4.79 Å². The highest BCUT2D eigenvalue weighted by Crippen LogP contribution is 2.18. The number of nitrogens with one attached hydrogen (secondary N) is 1. The van der Waals surface area contributed by atoms with Crippen LogP contribution in [0.25, 0.3) is 0 Å². The van der Waals surface area contributed by atoms with Crippen LogP contribution in [-0.4, -0.2) is 5.91 Å². The van der Waals surface area contributed by atoms with Crippen LogP contribution >= 0.6 is 0 Å². The molecule has 3 N–H and O–H groups in total. The van der Waals surface area contributed by atoms with E-state index in [1.807, 2.05) is 0 Å². The zero-order valence-corrected chi connectivity index (χ0v) is 9.58. The van der Waals surface area contributed by atoms with Crippen LogP contribution < -0.4 is 11.1 Å². The largest absolute Gasteiger partial charge is 0.399 e. The molecule has 0 bridgehead atoms. The van der Waals surface area contributed by atoms with Crippen molar-refractivity contribution >= 4 is 17.3 Å². The van der Waals surface area contributed by atoms with Crippen molar-refractivity contribution in [2.45, 2.75) is 0 Å². The van der Waals surface area contributed by atoms with Gasteiger partial charge in [-0.05, 0) is 36.4 Å². The Morgan fingerprint density at radius 3 is 2.42 bits per heavy atom. The van der Waals surface area contributed by atoms with Crippen molar-refractivity contribution in [2.75, 3.05) is 11.1 Å². The molecule has 0 radical (unpaired) electrons. The summed E-state index contributed by atoms with van der Waals surface area (Å²) in [6.45, 7) is 0. The summed E-state index contributed by atoms with van der Waals surface area (Å²) < 4.78 is 39.7. The zero-order chi connectivity index (χ0) is 14.0. The molecule has 0 saturated heterocycles. The number of rotatable bonds is 2. The van der Waals surface area contributed by atoms with Gasteiger partial charge in [-0.25, -0.2) is 13.2 Å². The van der Waals surface area contributed by atoms with Crippen molar-refractivity contribution in [1.29, 1.82) is 0 Å². The third-order valence-corrected chi connectivity index (χ3v) is 2.41. The van der Waals surface area contributed by atoms with E-state index in [0.29, 0.717) is 0 Å². The molecule has 98 valence electrons. The molecule has 6 heteroatoms. The summed E-state index contributed by atoms with van der Waals surface area (Å²) >= 11 is 0. The van der Waals surface area contributed by atoms with Gasteiger partial charge in [0.1, 0.15) is 17.5 Å². The van der Waals surface area contributed by atoms with Crippen LogP contribution in [0, 0.1) is 17.5 Å². The molecule has 0 spiro atoms. The van der Waals surface area contributed by atoms with Gasteiger partial charge in [0, 0.05) is 5.69 Å². The van der Waals surface area contributed by atoms with Crippen molar-refractivity contribution in [3.63, 3.8) is 0 Å². The van der Waals surface area contributed by atoms with Crippen LogP contribution in [0.1, 0.15) is 10.4 Å². The van der Waals surface area contributed by atoms with Crippen LogP contribution in [0.2, 0.25) is 0 Å². The van der Waals surface area contributed by atoms with E-state index in [4.69, 9.17) is 5.73 Å². The molecule has 0 aliphatic rings. The normalized spacial score (nSPS) is 10.3. The van der Waals surface area contributed by atoms with E-state index in [2.05, 4.69) is 5.32 Å². The molecule has 19 heavy (non-hydrogen) atoms. The number of carbonyl (C=O) groups is 1. The number of amides is 1. The van der Waals surface area contributed by atoms with E-state index in [9.17, 15) is 18.0 Å². The number of hydrogen-bond donors (Lipinski definition) is 2. The van der Waals surface area contributed by atoms with Gasteiger partial charge in [0.25, 0.3) is 5.91 Å². The summed E-state index contributed by atoms with van der Waals surface area (Å²) in [6.07, 6.45) is 0. The summed E-state index contributed by atoms with van der Waals surface area (Å²) in [4.78, 5) is 11.7. The number of benzene rings is 2. The SMILES string of the molecule is Nc1ccc(NC(=O)c2cc(F)ccc2F)c(F)c1. The van der Waals surface area contributed by atoms with Crippen LogP contribution in [-0.2, 0) is 0 Å². The quantitative estimate of drug-likeness (QED) is 0.821. The first-order valence-corrected chi connectivity index (χ1v) is 5.29. The Morgan fingerprint density at radius 1 is 1.00 bits per heavy atom. The van der Waals surface area contributed by atoms with Crippen molar-refractivity contribution in [3.8, 4) is 0 Å². The van der Waals surface area contributed by atoms with Crippen molar-refractivity contribution in [3.05, 3.63) is 59.4 Å². The fourth-order valence-electron chi connectivity index (χ4n) is 1.49. The van der Waals surface area contributed by atoms with Gasteiger partial charge in [0.15, 0.2) is 0 Å². The molecule has 0 saturated carbocycles. The molecule has 2 aromatic carbocycles. The van der Waals surface area contributed by atoms with E-state index >= 15 is 0 Å². The van der Waals surface area contributed by atoms with Crippen molar-refractivity contribution in [1.82, 2.24) is 0 Å². The molecular formula is C13H9F3N2O. The summed E-state index contributed by atoms with van der Waals surface area (Å²) in [5.74, 6) is -3.36. The molecule has 2 aromatic rings. The maximum Gasteiger partial charge on any atom is 0.258 e. The number of halogens is 3. The van der Waals surface area contributed by atoms with Gasteiger partial charge >= 0.3 is 0 Å². The van der Waals surface area contributed by atoms with Crippen molar-refractivity contribution < 1.29 is 18.0 Å². The molecule has 0 heterocycles. The van der Waals surface area contributed by atoms with Gasteiger partial charge in [0.2, 0.25) is 0 Å². The maximum atomic E-state index is 13.4. The van der Waals surface area contributed by atoms with E-state index in [-0.39, 0.29) is 11.4 Å². The molecule has 3 nitrogen and oxygen atoms in total. The van der Waals surface area contributed by atoms with Gasteiger partial charge in [-0.1, -0.05) is 0 Å². The number of carbonyl (C=O) groups excluding carboxylic acids is 1. The smallest absolute Gasteiger partial charge is 0.258 e. The Labute approximate surface area is 106 Å². The third-order valence-electron chi connectivity index (χ3n) is 2.41. The monoisotopic (exact) mass is 266 g/mol. The van der Waals surface area contributed by atoms with E-state index < -0.39 is 28.9 Å². The highest BCUT2D eigenvalue weighted by Gasteiger charge is 2.14. The standard InChI is InChI=1S/C13H9F3N2O/c14-7-1-3-10(15)9(5-7)13(19)18-12-4-2-8(17)6-11(12)16/h1-6H,17H2,(H,18,19). The predicted molar refractivity (Wildman–Crippen MR) is 65.1 cm³/mol. The number of hydrogen-bond acceptors (Lipinski definition) is 2. The van der Waals surface area contributed by atoms with E-state index in [1.54, 1.807) is 0 Å². The highest BCUT2D eigenvalue weighted by atomic mass is 19.1. The fraction of sp³-hybridized carbons (Fsp3) is 0. The molecule has 0 aliphatic carbocycles. The number of nitrogens with two attached hydrogens (primary N) is 1. The Balaban J connectivity index is 2.28. The lowest BCUT2D eigenvalue weighted by Crippen LogP contribution is -2.15. The fourth-order valence-corrected chi connectivity index (χ4v) is 1.49. The van der Waals surface area contributed by atoms with Crippen LogP contribution in [0.3, 0.4) is 0 Å². The molecule has 0 unspecified atom stereocenters. The second-order valence-corrected chi connectivity index (χ2v) is 3.82. The van der Waals surface area contributed by atoms with Gasteiger partial charge in [-0.15, -0.1) is 0 Å². The Morgan fingerprint density at radius 2 is 1.74 bits per heavy atom. The Kier molecular flexibility index (Phi) is 3.41. The third kappa shape index (κ3) is 2.85. The molecule has 2 rings (SSSR count). The van der Waals surface area contributed by atoms with Crippen LogP contribution in [0.4, 0.5) is 24.5 Å². The van der Waals surface area contributed by atoms with Gasteiger partial charge < -0.3 is 11.1 Å². The summed E-state index contributed by atoms with van der Waals surface area (Å²) in [5.41, 5.74) is 4.87. The number of nitrogen functional groups attached to an aromatic ring is 1. The van der Waals surface area contributed by atoms with Crippen LogP contribution in [0.15, 0.2) is 36.4 Å². The Hall–Kier alpha value is -2.50. The average molecular weight is 266 g/mol. The number of anilines is 2. The predicted octanol–water partition coefficient (Wildman–Crippen LogP) is 2.94. The summed E-state index contributed by atoms with van der Waals surface area (Å²) in [6, 6.07) is 6.07. The topological polar surface area (TPSA) is 55.1 Å². The lowest BCUT2D eigenvalue weighted by Gasteiger charge is -2.07. The molecule has 0 aromatic heterocycles. The molecule has 1 amide bonds. The molecular weight excluding hydrogens is 257 g/mol. The average Bonchev–Trinajstić information content (AvgIpc) is 2.35. The maximum absolute atomic E-state index is 13.4. The minimum absolute atomic E-state index is 0.164. The van der Waals surface area contributed by atoms with Crippen LogP contribution in [0.5, 0.6) is 0 Å². The Bertz CT molecular complexity index is 644. The summed E-state index contributed by atoms with van der Waals surface area (Å²) in [5, 5.41) is 2.15. The molecule has 0 atom stereocenters. The lowest BCUT2D eigenvalue weighted by atomic mass is 10.2. The van der Waals surface area contributed by atoms with Gasteiger partial charge in [-0.2, -0.15) is 0 Å². The van der Waals surface area contributed by atoms with E-state index in [0.717, 1.165) is 24.3 Å². The second-order valence-electron chi connectivity index (χ2n) is 3.82. The second kappa shape index (κ2) is 5.01. The van der Waals surface area contributed by atoms with Gasteiger partial charge in [0.05, 0.1) is 11.3 Å². The highest BCUT2D eigenvalue weighted by molar-refractivity contribution is 6.04. The molecule has 0 aliphatic heterocycles. The lowest BCUT2D eigenvalue weighted by molar-refractivity contribution is 0.102. The summed E-state index contributed by atoms with van der Waals surface area (Å²) in [7, 11) is 0. The zero-order valence-electron chi connectivity index (χ0n) is 9.58. The first-order valence-electron chi connectivity index (χ1n) is 5.29. The first kappa shape index (κ1) is 12.9. The first-order chi connectivity index (χ1) is 8.97. The van der Waals surface area contributed by atoms with E-state index in [1.165, 1.54) is 12.1 Å². The minimum atomic E-state index is -0.944. The minimum Gasteiger partial charge on any atom is -0.399 e. The molecule has 0 fully saturated rings.